The third-order valence-corrected chi connectivity index (χ3v) is 6.33. The first-order valence-electron chi connectivity index (χ1n) is 17.2. The Bertz CT molecular complexity index is 1930. The molecule has 0 radical (unpaired) electrons. The Morgan fingerprint density at radius 3 is 0.871 bits per heavy atom. The molecular weight excluding hydrogens is 968 g/mol. The van der Waals surface area contributed by atoms with Crippen LogP contribution in [0.4, 0.5) is 0 Å². The van der Waals surface area contributed by atoms with E-state index >= 15 is 0 Å². The monoisotopic (exact) mass is 1010 g/mol. The van der Waals surface area contributed by atoms with Gasteiger partial charge in [0.05, 0.1) is 42.9 Å². The van der Waals surface area contributed by atoms with Gasteiger partial charge in [0.1, 0.15) is 0 Å². The number of rotatable bonds is 21. The first kappa shape index (κ1) is 74.5. The summed E-state index contributed by atoms with van der Waals surface area (Å²) in [6.07, 6.45) is 1.54. The number of aliphatic carboxylic acids is 14. The summed E-state index contributed by atoms with van der Waals surface area (Å²) < 4.78 is 3.97. The van der Waals surface area contributed by atoms with Crippen LogP contribution in [0, 0.1) is 17.3 Å². The molecule has 0 bridgehead atoms. The normalized spacial score (nSPS) is 11.8. The van der Waals surface area contributed by atoms with Crippen molar-refractivity contribution < 1.29 is 158 Å². The number of ether oxygens (including phenoxy) is 1. The quantitative estimate of drug-likeness (QED) is 0.0368. The second kappa shape index (κ2) is 39.5. The van der Waals surface area contributed by atoms with Crippen molar-refractivity contribution in [1.82, 2.24) is 0 Å². The molecule has 0 saturated heterocycles. The molecule has 390 valence electrons. The van der Waals surface area contributed by atoms with Crippen LogP contribution in [-0.2, 0) is 81.4 Å². The fourth-order valence-electron chi connectivity index (χ4n) is 3.07. The number of esters is 2. The summed E-state index contributed by atoms with van der Waals surface area (Å²) in [5.74, 6) is -22.0. The summed E-state index contributed by atoms with van der Waals surface area (Å²) in [7, 11) is 0. The van der Waals surface area contributed by atoms with Crippen LogP contribution >= 0.6 is 0 Å². The van der Waals surface area contributed by atoms with E-state index in [0.29, 0.717) is 24.3 Å². The highest BCUT2D eigenvalue weighted by Gasteiger charge is 2.43. The van der Waals surface area contributed by atoms with Crippen molar-refractivity contribution in [1.29, 1.82) is 0 Å². The molecule has 16 N–H and O–H groups in total. The Kier molecular flexibility index (Phi) is 42.0. The molecule has 0 fully saturated rings. The van der Waals surface area contributed by atoms with Gasteiger partial charge in [-0.2, -0.15) is 0 Å². The third kappa shape index (κ3) is 50.8. The van der Waals surface area contributed by atoms with Crippen LogP contribution in [-0.4, -0.2) is 172 Å². The van der Waals surface area contributed by atoms with Crippen LogP contribution in [0.2, 0.25) is 0 Å². The fraction of sp³-hybridized carbons (Fsp3) is 0.263. The van der Waals surface area contributed by atoms with Crippen LogP contribution in [0.25, 0.3) is 0 Å². The number of hydrogen-bond acceptors (Lipinski definition) is 17. The molecule has 32 heteroatoms. The smallest absolute Gasteiger partial charge is 0.338 e. The Morgan fingerprint density at radius 2 is 0.757 bits per heavy atom. The maximum absolute atomic E-state index is 11.1. The summed E-state index contributed by atoms with van der Waals surface area (Å²) >= 11 is 0. The van der Waals surface area contributed by atoms with Gasteiger partial charge in [-0.15, -0.1) is 0 Å². The van der Waals surface area contributed by atoms with Crippen LogP contribution in [0.15, 0.2) is 72.9 Å². The average Bonchev–Trinajstić information content (AvgIpc) is 3.56. The Labute approximate surface area is 389 Å². The zero-order chi connectivity index (χ0) is 56.1. The molecule has 1 aliphatic rings. The lowest BCUT2D eigenvalue weighted by molar-refractivity contribution is -0.161. The molecule has 0 aromatic heterocycles. The van der Waals surface area contributed by atoms with Crippen molar-refractivity contribution in [2.75, 3.05) is 0 Å². The second-order valence-corrected chi connectivity index (χ2v) is 12.2. The zero-order valence-corrected chi connectivity index (χ0v) is 36.0. The molecule has 1 aliphatic heterocycles. The summed E-state index contributed by atoms with van der Waals surface area (Å²) in [6, 6.07) is 0. The van der Waals surface area contributed by atoms with E-state index in [1.807, 2.05) is 0 Å². The van der Waals surface area contributed by atoms with E-state index in [1.54, 1.807) is 0 Å². The lowest BCUT2D eigenvalue weighted by Gasteiger charge is -2.27. The van der Waals surface area contributed by atoms with Crippen molar-refractivity contribution in [3.63, 3.8) is 0 Å². The summed E-state index contributed by atoms with van der Waals surface area (Å²) in [6.45, 7) is 11.3. The second-order valence-electron chi connectivity index (χ2n) is 12.2. The van der Waals surface area contributed by atoms with Gasteiger partial charge >= 0.3 is 95.5 Å². The molecule has 0 spiro atoms. The SMILES string of the molecule is C=C(CC(=O)O)C(=O)O.C=C(CC(=O)O)C(=O)O.C=C(CC(=O)O)C(=O)O.CC(C(=O)O)C(CC(C)(CC(=O)O)C(=O)O)C(=O)O.O.O=C(O)/C=C\C(=O)O.O=C(O)/C=C\C(=O)O.O=C1C=CC(=O)O1. The van der Waals surface area contributed by atoms with Crippen molar-refractivity contribution in [3.05, 3.63) is 72.9 Å². The number of carbonyl (C=O) groups is 16. The molecule has 1 heterocycles. The van der Waals surface area contributed by atoms with E-state index in [0.717, 1.165) is 26.0 Å². The molecule has 0 aliphatic carbocycles. The highest BCUT2D eigenvalue weighted by Crippen LogP contribution is 2.34. The summed E-state index contributed by atoms with van der Waals surface area (Å²) in [5, 5.41) is 115. The number of carboxylic acids is 14. The molecule has 3 unspecified atom stereocenters. The van der Waals surface area contributed by atoms with Crippen LogP contribution in [0.5, 0.6) is 0 Å². The summed E-state index contributed by atoms with van der Waals surface area (Å²) in [5.41, 5.74) is -2.74. The van der Waals surface area contributed by atoms with E-state index in [-0.39, 0.29) is 22.2 Å². The molecule has 0 saturated carbocycles. The predicted octanol–water partition coefficient (Wildman–Crippen LogP) is -1.11. The number of hydrogen-bond donors (Lipinski definition) is 14. The van der Waals surface area contributed by atoms with E-state index < -0.39 is 145 Å². The van der Waals surface area contributed by atoms with Gasteiger partial charge in [-0.05, 0) is 13.3 Å². The first-order valence-corrected chi connectivity index (χ1v) is 17.2. The average molecular weight is 1010 g/mol. The molecule has 32 nitrogen and oxygen atoms in total. The van der Waals surface area contributed by atoms with Crippen LogP contribution in [0.1, 0.15) is 46.0 Å². The number of cyclic esters (lactones) is 2. The Hall–Kier alpha value is -9.88. The zero-order valence-electron chi connectivity index (χ0n) is 36.0. The lowest BCUT2D eigenvalue weighted by Crippen LogP contribution is -2.38. The van der Waals surface area contributed by atoms with Crippen molar-refractivity contribution in [2.45, 2.75) is 46.0 Å². The largest absolute Gasteiger partial charge is 0.481 e. The maximum Gasteiger partial charge on any atom is 0.338 e. The topological polar surface area (TPSA) is 597 Å². The van der Waals surface area contributed by atoms with E-state index in [9.17, 15) is 76.7 Å². The van der Waals surface area contributed by atoms with Gasteiger partial charge in [0.15, 0.2) is 0 Å². The molecule has 3 atom stereocenters. The Balaban J connectivity index is -0.000000136. The van der Waals surface area contributed by atoms with Gasteiger partial charge in [0.2, 0.25) is 0 Å². The van der Waals surface area contributed by atoms with Crippen molar-refractivity contribution in [2.24, 2.45) is 17.3 Å². The van der Waals surface area contributed by atoms with Gasteiger partial charge in [-0.1, -0.05) is 26.7 Å². The minimum atomic E-state index is -1.83. The van der Waals surface area contributed by atoms with Gasteiger partial charge in [0.25, 0.3) is 0 Å². The molecule has 70 heavy (non-hydrogen) atoms. The summed E-state index contributed by atoms with van der Waals surface area (Å²) in [4.78, 5) is 161. The number of carbonyl (C=O) groups excluding carboxylic acids is 2. The van der Waals surface area contributed by atoms with Gasteiger partial charge in [-0.25, -0.2) is 43.2 Å². The number of carboxylic acid groups (broad SMARTS) is 14. The fourth-order valence-corrected chi connectivity index (χ4v) is 3.07. The van der Waals surface area contributed by atoms with Gasteiger partial charge < -0.3 is 81.7 Å². The standard InChI is InChI=1S/C11H16O8.3C5H6O4.2C4H4O4.C4H2O3.H2O/c1-5(8(14)15)6(9(16)17)3-11(2,10(18)19)4-7(12)13;3*1-3(5(8)9)2-4(6)7;2*5-3(6)1-2-4(7)8;5-3-1-2-4(6)7-3;/h5-6H,3-4H2,1-2H3,(H,12,13)(H,14,15)(H,16,17)(H,18,19);3*1-2H2,(H,6,7)(H,8,9);2*1-2H,(H,5,6)(H,7,8);1-2H;1H2/b;;;;2*2-1-;;. The van der Waals surface area contributed by atoms with E-state index in [1.165, 1.54) is 0 Å². The van der Waals surface area contributed by atoms with Crippen molar-refractivity contribution in [3.8, 4) is 0 Å². The van der Waals surface area contributed by atoms with E-state index in [4.69, 9.17) is 71.5 Å². The highest BCUT2D eigenvalue weighted by molar-refractivity contribution is 6.05. The third-order valence-electron chi connectivity index (χ3n) is 6.33. The molecule has 0 amide bonds. The molecule has 0 aromatic rings. The predicted molar refractivity (Wildman–Crippen MR) is 220 cm³/mol. The minimum Gasteiger partial charge on any atom is -0.481 e. The lowest BCUT2D eigenvalue weighted by atomic mass is 9.74. The van der Waals surface area contributed by atoms with Crippen LogP contribution < -0.4 is 0 Å². The molecule has 1 rings (SSSR count). The molecular formula is C38H46O32. The minimum absolute atomic E-state index is 0. The van der Waals surface area contributed by atoms with Gasteiger partial charge in [-0.3, -0.25) is 33.6 Å². The highest BCUT2D eigenvalue weighted by atomic mass is 16.6. The first-order chi connectivity index (χ1) is 31.2. The maximum atomic E-state index is 11.1. The van der Waals surface area contributed by atoms with Crippen LogP contribution in [0.3, 0.4) is 0 Å². The molecule has 0 aromatic carbocycles. The Morgan fingerprint density at radius 1 is 0.500 bits per heavy atom. The van der Waals surface area contributed by atoms with Gasteiger partial charge in [0, 0.05) is 53.2 Å². The van der Waals surface area contributed by atoms with Crippen molar-refractivity contribution >= 4 is 95.5 Å². The van der Waals surface area contributed by atoms with E-state index in [2.05, 4.69) is 24.5 Å².